The van der Waals surface area contributed by atoms with E-state index < -0.39 is 0 Å². The molecule has 1 saturated heterocycles. The molecular weight excluding hydrogens is 254 g/mol. The van der Waals surface area contributed by atoms with Gasteiger partial charge in [-0.3, -0.25) is 4.79 Å². The molecule has 2 rings (SSSR count). The molecule has 0 spiro atoms. The summed E-state index contributed by atoms with van der Waals surface area (Å²) in [7, 11) is 3.70. The van der Waals surface area contributed by atoms with Gasteiger partial charge in [0.05, 0.1) is 6.54 Å². The van der Waals surface area contributed by atoms with Crippen molar-refractivity contribution in [2.75, 3.05) is 40.3 Å². The van der Waals surface area contributed by atoms with Gasteiger partial charge in [-0.15, -0.1) is 0 Å². The quantitative estimate of drug-likeness (QED) is 0.858. The second-order valence-electron chi connectivity index (χ2n) is 5.43. The summed E-state index contributed by atoms with van der Waals surface area (Å²) in [6.45, 7) is 4.67. The molecule has 0 atom stereocenters. The highest BCUT2D eigenvalue weighted by molar-refractivity contribution is 5.91. The molecule has 112 valence electrons. The van der Waals surface area contributed by atoms with Crippen molar-refractivity contribution in [1.29, 1.82) is 0 Å². The maximum absolute atomic E-state index is 12.2. The van der Waals surface area contributed by atoms with Crippen LogP contribution in [0.2, 0.25) is 0 Å². The number of carbonyl (C=O) groups is 1. The van der Waals surface area contributed by atoms with Gasteiger partial charge in [-0.25, -0.2) is 0 Å². The lowest BCUT2D eigenvalue weighted by atomic mass is 10.1. The number of hydrogen-bond donors (Lipinski definition) is 1. The first-order valence-electron chi connectivity index (χ1n) is 7.42. The molecule has 1 fully saturated rings. The third-order valence-electron chi connectivity index (χ3n) is 3.77. The molecule has 20 heavy (non-hydrogen) atoms. The van der Waals surface area contributed by atoms with E-state index >= 15 is 0 Å². The zero-order chi connectivity index (χ0) is 14.4. The number of nitrogens with one attached hydrogen (secondary N) is 1. The Morgan fingerprint density at radius 2 is 2.10 bits per heavy atom. The lowest BCUT2D eigenvalue weighted by Crippen LogP contribution is -2.38. The van der Waals surface area contributed by atoms with Crippen LogP contribution in [-0.2, 0) is 6.54 Å². The van der Waals surface area contributed by atoms with Crippen LogP contribution in [0.4, 0.5) is 0 Å². The van der Waals surface area contributed by atoms with Gasteiger partial charge in [0.25, 0.3) is 5.91 Å². The largest absolute Gasteiger partial charge is 0.455 e. The van der Waals surface area contributed by atoms with E-state index in [1.165, 1.54) is 19.3 Å². The summed E-state index contributed by atoms with van der Waals surface area (Å²) in [5, 5.41) is 3.01. The van der Waals surface area contributed by atoms with E-state index in [0.717, 1.165) is 31.9 Å². The van der Waals surface area contributed by atoms with Crippen LogP contribution in [-0.4, -0.2) is 56.0 Å². The standard InChI is InChI=1S/C15H25N3O2/c1-16-12-13-6-7-14(20-13)15(19)17(2)10-11-18-8-4-3-5-9-18/h6-7,16H,3-5,8-12H2,1-2H3. The summed E-state index contributed by atoms with van der Waals surface area (Å²) >= 11 is 0. The fraction of sp³-hybridized carbons (Fsp3) is 0.667. The van der Waals surface area contributed by atoms with E-state index in [2.05, 4.69) is 10.2 Å². The molecule has 5 heteroatoms. The highest BCUT2D eigenvalue weighted by Crippen LogP contribution is 2.11. The third kappa shape index (κ3) is 4.08. The van der Waals surface area contributed by atoms with Crippen molar-refractivity contribution in [3.8, 4) is 0 Å². The summed E-state index contributed by atoms with van der Waals surface area (Å²) < 4.78 is 5.53. The molecule has 1 aliphatic rings. The highest BCUT2D eigenvalue weighted by atomic mass is 16.4. The second-order valence-corrected chi connectivity index (χ2v) is 5.43. The molecule has 0 saturated carbocycles. The first-order valence-corrected chi connectivity index (χ1v) is 7.42. The topological polar surface area (TPSA) is 48.7 Å². The highest BCUT2D eigenvalue weighted by Gasteiger charge is 2.17. The van der Waals surface area contributed by atoms with E-state index in [0.29, 0.717) is 12.3 Å². The number of hydrogen-bond acceptors (Lipinski definition) is 4. The van der Waals surface area contributed by atoms with Crippen molar-refractivity contribution in [2.24, 2.45) is 0 Å². The Hall–Kier alpha value is -1.33. The van der Waals surface area contributed by atoms with Gasteiger partial charge in [0.15, 0.2) is 5.76 Å². The Morgan fingerprint density at radius 1 is 1.35 bits per heavy atom. The SMILES string of the molecule is CNCc1ccc(C(=O)N(C)CCN2CCCCC2)o1. The van der Waals surface area contributed by atoms with Gasteiger partial charge in [0.2, 0.25) is 0 Å². The van der Waals surface area contributed by atoms with E-state index in [4.69, 9.17) is 4.42 Å². The van der Waals surface area contributed by atoms with Crippen molar-refractivity contribution in [3.05, 3.63) is 23.7 Å². The first kappa shape index (κ1) is 15.1. The number of amides is 1. The van der Waals surface area contributed by atoms with Crippen LogP contribution in [0.15, 0.2) is 16.5 Å². The van der Waals surface area contributed by atoms with Crippen molar-refractivity contribution in [1.82, 2.24) is 15.1 Å². The van der Waals surface area contributed by atoms with Crippen molar-refractivity contribution in [3.63, 3.8) is 0 Å². The van der Waals surface area contributed by atoms with E-state index in [1.807, 2.05) is 20.2 Å². The van der Waals surface area contributed by atoms with Gasteiger partial charge in [-0.2, -0.15) is 0 Å². The molecule has 0 radical (unpaired) electrons. The number of likely N-dealkylation sites (tertiary alicyclic amines) is 1. The molecule has 5 nitrogen and oxygen atoms in total. The smallest absolute Gasteiger partial charge is 0.289 e. The Balaban J connectivity index is 1.81. The number of furan rings is 1. The number of nitrogens with zero attached hydrogens (tertiary/aromatic N) is 2. The van der Waals surface area contributed by atoms with Crippen molar-refractivity contribution < 1.29 is 9.21 Å². The number of likely N-dealkylation sites (N-methyl/N-ethyl adjacent to an activating group) is 1. The van der Waals surface area contributed by atoms with E-state index in [1.54, 1.807) is 11.0 Å². The van der Waals surface area contributed by atoms with Gasteiger partial charge in [-0.05, 0) is 45.1 Å². The van der Waals surface area contributed by atoms with Crippen LogP contribution >= 0.6 is 0 Å². The molecule has 0 aliphatic carbocycles. The van der Waals surface area contributed by atoms with Crippen LogP contribution in [0.5, 0.6) is 0 Å². The molecule has 1 aliphatic heterocycles. The van der Waals surface area contributed by atoms with Gasteiger partial charge >= 0.3 is 0 Å². The van der Waals surface area contributed by atoms with Crippen LogP contribution in [0.25, 0.3) is 0 Å². The summed E-state index contributed by atoms with van der Waals surface area (Å²) in [5.74, 6) is 1.18. The second kappa shape index (κ2) is 7.45. The minimum atomic E-state index is -0.0376. The average Bonchev–Trinajstić information content (AvgIpc) is 2.94. The molecular formula is C15H25N3O2. The summed E-state index contributed by atoms with van der Waals surface area (Å²) in [5.41, 5.74) is 0. The Labute approximate surface area is 120 Å². The zero-order valence-electron chi connectivity index (χ0n) is 12.5. The van der Waals surface area contributed by atoms with E-state index in [9.17, 15) is 4.79 Å². The number of carbonyl (C=O) groups excluding carboxylic acids is 1. The fourth-order valence-corrected chi connectivity index (χ4v) is 2.53. The van der Waals surface area contributed by atoms with Gasteiger partial charge < -0.3 is 19.5 Å². The fourth-order valence-electron chi connectivity index (χ4n) is 2.53. The third-order valence-corrected chi connectivity index (χ3v) is 3.77. The predicted octanol–water partition coefficient (Wildman–Crippen LogP) is 1.56. The van der Waals surface area contributed by atoms with Crippen LogP contribution in [0.3, 0.4) is 0 Å². The van der Waals surface area contributed by atoms with E-state index in [-0.39, 0.29) is 5.91 Å². The normalized spacial score (nSPS) is 16.3. The zero-order valence-corrected chi connectivity index (χ0v) is 12.5. The van der Waals surface area contributed by atoms with Crippen molar-refractivity contribution >= 4 is 5.91 Å². The molecule has 1 N–H and O–H groups in total. The Kier molecular flexibility index (Phi) is 5.61. The maximum atomic E-state index is 12.2. The molecule has 1 aromatic heterocycles. The molecule has 2 heterocycles. The molecule has 0 bridgehead atoms. The minimum Gasteiger partial charge on any atom is -0.455 e. The molecule has 0 unspecified atom stereocenters. The molecule has 1 aromatic rings. The minimum absolute atomic E-state index is 0.0376. The summed E-state index contributed by atoms with van der Waals surface area (Å²) in [6.07, 6.45) is 3.90. The summed E-state index contributed by atoms with van der Waals surface area (Å²) in [4.78, 5) is 16.4. The van der Waals surface area contributed by atoms with Crippen LogP contribution in [0, 0.1) is 0 Å². The lowest BCUT2D eigenvalue weighted by Gasteiger charge is -2.28. The van der Waals surface area contributed by atoms with Gasteiger partial charge in [-0.1, -0.05) is 6.42 Å². The monoisotopic (exact) mass is 279 g/mol. The first-order chi connectivity index (χ1) is 9.70. The van der Waals surface area contributed by atoms with Gasteiger partial charge in [0, 0.05) is 20.1 Å². The van der Waals surface area contributed by atoms with Crippen molar-refractivity contribution in [2.45, 2.75) is 25.8 Å². The molecule has 0 aromatic carbocycles. The van der Waals surface area contributed by atoms with Crippen LogP contribution < -0.4 is 5.32 Å². The van der Waals surface area contributed by atoms with Gasteiger partial charge in [0.1, 0.15) is 5.76 Å². The molecule has 1 amide bonds. The number of piperidine rings is 1. The predicted molar refractivity (Wildman–Crippen MR) is 78.7 cm³/mol. The number of rotatable bonds is 6. The Bertz CT molecular complexity index is 425. The average molecular weight is 279 g/mol. The maximum Gasteiger partial charge on any atom is 0.289 e. The Morgan fingerprint density at radius 3 is 2.80 bits per heavy atom. The van der Waals surface area contributed by atoms with Crippen LogP contribution in [0.1, 0.15) is 35.6 Å². The summed E-state index contributed by atoms with van der Waals surface area (Å²) in [6, 6.07) is 3.61. The lowest BCUT2D eigenvalue weighted by molar-refractivity contribution is 0.0739.